The molecule has 1 saturated heterocycles. The highest BCUT2D eigenvalue weighted by atomic mass is 79.9. The summed E-state index contributed by atoms with van der Waals surface area (Å²) in [6, 6.07) is 22.2. The fourth-order valence-corrected chi connectivity index (χ4v) is 4.45. The van der Waals surface area contributed by atoms with Gasteiger partial charge in [-0.3, -0.25) is 9.69 Å². The minimum Gasteiger partial charge on any atom is -0.493 e. The van der Waals surface area contributed by atoms with Crippen LogP contribution in [0.25, 0.3) is 0 Å². The van der Waals surface area contributed by atoms with Crippen LogP contribution in [-0.2, 0) is 23.3 Å². The summed E-state index contributed by atoms with van der Waals surface area (Å²) >= 11 is 3.52. The Morgan fingerprint density at radius 2 is 1.50 bits per heavy atom. The Bertz CT molecular complexity index is 1140. The van der Waals surface area contributed by atoms with E-state index in [2.05, 4.69) is 21.2 Å². The lowest BCUT2D eigenvalue weighted by Gasteiger charge is -2.27. The third-order valence-corrected chi connectivity index (χ3v) is 6.37. The molecule has 1 fully saturated rings. The maximum Gasteiger partial charge on any atom is 0.325 e. The zero-order valence-electron chi connectivity index (χ0n) is 17.8. The Balaban J connectivity index is 1.72. The zero-order chi connectivity index (χ0) is 22.7. The molecule has 0 bridgehead atoms. The van der Waals surface area contributed by atoms with Crippen molar-refractivity contribution in [3.05, 3.63) is 94.0 Å². The molecular weight excluding hydrogens is 472 g/mol. The summed E-state index contributed by atoms with van der Waals surface area (Å²) in [5, 5.41) is 2.99. The fourth-order valence-electron chi connectivity index (χ4n) is 4.00. The molecule has 3 aromatic carbocycles. The maximum absolute atomic E-state index is 13.8. The lowest BCUT2D eigenvalue weighted by atomic mass is 9.83. The van der Waals surface area contributed by atoms with Crippen molar-refractivity contribution >= 4 is 27.9 Å². The van der Waals surface area contributed by atoms with Gasteiger partial charge in [0.05, 0.1) is 20.8 Å². The van der Waals surface area contributed by atoms with E-state index >= 15 is 0 Å². The monoisotopic (exact) mass is 494 g/mol. The number of ether oxygens (including phenoxy) is 2. The highest BCUT2D eigenvalue weighted by Crippen LogP contribution is 2.37. The van der Waals surface area contributed by atoms with E-state index in [1.807, 2.05) is 60.7 Å². The number of carbonyl (C=O) groups is 2. The lowest BCUT2D eigenvalue weighted by molar-refractivity contribution is -0.132. The molecule has 1 aliphatic rings. The number of benzene rings is 3. The second-order valence-electron chi connectivity index (χ2n) is 7.55. The Kier molecular flexibility index (Phi) is 6.19. The quantitative estimate of drug-likeness (QED) is 0.485. The van der Waals surface area contributed by atoms with Crippen LogP contribution >= 0.6 is 15.9 Å². The molecule has 0 spiro atoms. The first-order chi connectivity index (χ1) is 15.5. The number of nitrogens with one attached hydrogen (secondary N) is 1. The van der Waals surface area contributed by atoms with Gasteiger partial charge in [-0.1, -0.05) is 76.6 Å². The summed E-state index contributed by atoms with van der Waals surface area (Å²) in [5.74, 6) is 0.790. The molecule has 3 amide bonds. The van der Waals surface area contributed by atoms with Crippen LogP contribution in [0.2, 0.25) is 0 Å². The first-order valence-electron chi connectivity index (χ1n) is 10.1. The van der Waals surface area contributed by atoms with E-state index in [4.69, 9.17) is 9.47 Å². The van der Waals surface area contributed by atoms with Gasteiger partial charge in [0.2, 0.25) is 0 Å². The summed E-state index contributed by atoms with van der Waals surface area (Å²) in [6.07, 6.45) is 0.353. The number of imide groups is 1. The van der Waals surface area contributed by atoms with Gasteiger partial charge in [0.1, 0.15) is 0 Å². The zero-order valence-corrected chi connectivity index (χ0v) is 19.4. The van der Waals surface area contributed by atoms with Crippen molar-refractivity contribution in [2.45, 2.75) is 18.5 Å². The molecule has 1 aliphatic heterocycles. The van der Waals surface area contributed by atoms with Crippen molar-refractivity contribution < 1.29 is 19.1 Å². The van der Waals surface area contributed by atoms with Gasteiger partial charge in [-0.05, 0) is 28.8 Å². The average molecular weight is 495 g/mol. The molecule has 3 aromatic rings. The van der Waals surface area contributed by atoms with Gasteiger partial charge in [-0.15, -0.1) is 0 Å². The predicted molar refractivity (Wildman–Crippen MR) is 125 cm³/mol. The van der Waals surface area contributed by atoms with Gasteiger partial charge in [0.15, 0.2) is 17.0 Å². The average Bonchev–Trinajstić information content (AvgIpc) is 3.06. The second-order valence-corrected chi connectivity index (χ2v) is 8.41. The number of rotatable bonds is 7. The molecule has 32 heavy (non-hydrogen) atoms. The molecule has 1 atom stereocenters. The first-order valence-corrected chi connectivity index (χ1v) is 10.9. The first kappa shape index (κ1) is 21.9. The highest BCUT2D eigenvalue weighted by molar-refractivity contribution is 9.10. The molecule has 0 aliphatic carbocycles. The third-order valence-electron chi connectivity index (χ3n) is 5.64. The predicted octanol–water partition coefficient (Wildman–Crippen LogP) is 4.66. The van der Waals surface area contributed by atoms with Crippen molar-refractivity contribution in [3.8, 4) is 11.5 Å². The standard InChI is InChI=1S/C25H23BrN2O4/c1-31-21-13-18(20(26)14-22(21)32-2)16-28-23(29)25(27-24(28)30,19-11-7-4-8-12-19)15-17-9-5-3-6-10-17/h3-14H,15-16H2,1-2H3,(H,27,30). The van der Waals surface area contributed by atoms with E-state index in [9.17, 15) is 9.59 Å². The fraction of sp³-hybridized carbons (Fsp3) is 0.200. The lowest BCUT2D eigenvalue weighted by Crippen LogP contribution is -2.46. The van der Waals surface area contributed by atoms with Crippen LogP contribution in [0, 0.1) is 0 Å². The van der Waals surface area contributed by atoms with E-state index in [0.717, 1.165) is 21.2 Å². The minimum atomic E-state index is -1.18. The van der Waals surface area contributed by atoms with Gasteiger partial charge >= 0.3 is 6.03 Å². The molecule has 0 saturated carbocycles. The Hall–Kier alpha value is -3.32. The van der Waals surface area contributed by atoms with Crippen molar-refractivity contribution in [2.24, 2.45) is 0 Å². The molecule has 0 radical (unpaired) electrons. The third kappa shape index (κ3) is 3.96. The normalized spacial score (nSPS) is 17.9. The van der Waals surface area contributed by atoms with Gasteiger partial charge in [-0.25, -0.2) is 4.79 Å². The van der Waals surface area contributed by atoms with Crippen molar-refractivity contribution in [2.75, 3.05) is 14.2 Å². The van der Waals surface area contributed by atoms with Crippen LogP contribution < -0.4 is 14.8 Å². The summed E-state index contributed by atoms with van der Waals surface area (Å²) in [5.41, 5.74) is 1.26. The summed E-state index contributed by atoms with van der Waals surface area (Å²) in [4.78, 5) is 28.1. The number of carbonyl (C=O) groups excluding carboxylic acids is 2. The van der Waals surface area contributed by atoms with Gasteiger partial charge < -0.3 is 14.8 Å². The minimum absolute atomic E-state index is 0.0922. The molecule has 0 aromatic heterocycles. The van der Waals surface area contributed by atoms with Gasteiger partial charge in [0.25, 0.3) is 5.91 Å². The van der Waals surface area contributed by atoms with Crippen molar-refractivity contribution in [3.63, 3.8) is 0 Å². The number of hydrogen-bond acceptors (Lipinski definition) is 4. The number of methoxy groups -OCH3 is 2. The maximum atomic E-state index is 13.8. The van der Waals surface area contributed by atoms with Crippen molar-refractivity contribution in [1.82, 2.24) is 10.2 Å². The summed E-state index contributed by atoms with van der Waals surface area (Å²) < 4.78 is 11.4. The van der Waals surface area contributed by atoms with Crippen LogP contribution in [-0.4, -0.2) is 31.1 Å². The second kappa shape index (κ2) is 9.04. The number of halogens is 1. The van der Waals surface area contributed by atoms with Crippen LogP contribution in [0.15, 0.2) is 77.3 Å². The van der Waals surface area contributed by atoms with Crippen LogP contribution in [0.5, 0.6) is 11.5 Å². The van der Waals surface area contributed by atoms with Crippen LogP contribution in [0.1, 0.15) is 16.7 Å². The van der Waals surface area contributed by atoms with Crippen molar-refractivity contribution in [1.29, 1.82) is 0 Å². The molecule has 164 valence electrons. The Labute approximate surface area is 195 Å². The molecule has 1 heterocycles. The number of nitrogens with zero attached hydrogens (tertiary/aromatic N) is 1. The largest absolute Gasteiger partial charge is 0.493 e. The summed E-state index contributed by atoms with van der Waals surface area (Å²) in [6.45, 7) is 0.0922. The van der Waals surface area contributed by atoms with Gasteiger partial charge in [-0.2, -0.15) is 0 Å². The Morgan fingerprint density at radius 1 is 0.906 bits per heavy atom. The molecule has 1 unspecified atom stereocenters. The van der Waals surface area contributed by atoms with Crippen LogP contribution in [0.3, 0.4) is 0 Å². The smallest absolute Gasteiger partial charge is 0.325 e. The van der Waals surface area contributed by atoms with E-state index in [-0.39, 0.29) is 12.5 Å². The van der Waals surface area contributed by atoms with Gasteiger partial charge in [0, 0.05) is 10.9 Å². The summed E-state index contributed by atoms with van der Waals surface area (Å²) in [7, 11) is 3.10. The molecule has 4 rings (SSSR count). The number of hydrogen-bond donors (Lipinski definition) is 1. The molecule has 6 nitrogen and oxygen atoms in total. The molecular formula is C25H23BrN2O4. The van der Waals surface area contributed by atoms with E-state index < -0.39 is 11.6 Å². The highest BCUT2D eigenvalue weighted by Gasteiger charge is 2.52. The molecule has 1 N–H and O–H groups in total. The Morgan fingerprint density at radius 3 is 2.12 bits per heavy atom. The SMILES string of the molecule is COc1cc(Br)c(CN2C(=O)NC(Cc3ccccc3)(c3ccccc3)C2=O)cc1OC. The van der Waals surface area contributed by atoms with E-state index in [1.54, 1.807) is 26.4 Å². The topological polar surface area (TPSA) is 67.9 Å². The van der Waals surface area contributed by atoms with E-state index in [0.29, 0.717) is 17.9 Å². The molecule has 7 heteroatoms. The number of amides is 3. The van der Waals surface area contributed by atoms with E-state index in [1.165, 1.54) is 4.90 Å². The van der Waals surface area contributed by atoms with Crippen LogP contribution in [0.4, 0.5) is 4.79 Å². The number of urea groups is 1.